The van der Waals surface area contributed by atoms with Gasteiger partial charge in [-0.3, -0.25) is 9.67 Å². The zero-order valence-corrected chi connectivity index (χ0v) is 15.6. The summed E-state index contributed by atoms with van der Waals surface area (Å²) in [4.78, 5) is 13.2. The van der Waals surface area contributed by atoms with Gasteiger partial charge >= 0.3 is 0 Å². The van der Waals surface area contributed by atoms with Crippen LogP contribution in [0.3, 0.4) is 0 Å². The van der Waals surface area contributed by atoms with Crippen LogP contribution in [0.4, 0.5) is 5.82 Å². The van der Waals surface area contributed by atoms with E-state index >= 15 is 0 Å². The van der Waals surface area contributed by atoms with Crippen molar-refractivity contribution in [3.8, 4) is 11.4 Å². The number of rotatable bonds is 5. The van der Waals surface area contributed by atoms with Gasteiger partial charge in [-0.25, -0.2) is 9.50 Å². The maximum atomic E-state index is 6.11. The van der Waals surface area contributed by atoms with E-state index in [4.69, 9.17) is 11.6 Å². The van der Waals surface area contributed by atoms with Gasteiger partial charge in [0.05, 0.1) is 23.3 Å². The summed E-state index contributed by atoms with van der Waals surface area (Å²) >= 11 is 6.11. The highest BCUT2D eigenvalue weighted by Crippen LogP contribution is 2.23. The molecular formula is C18H17ClN8. The summed E-state index contributed by atoms with van der Waals surface area (Å²) in [7, 11) is 1.89. The van der Waals surface area contributed by atoms with Gasteiger partial charge in [0.1, 0.15) is 0 Å². The maximum absolute atomic E-state index is 6.11. The third-order valence-corrected chi connectivity index (χ3v) is 4.33. The average molecular weight is 381 g/mol. The Labute approximate surface area is 160 Å². The maximum Gasteiger partial charge on any atom is 0.243 e. The molecular weight excluding hydrogens is 364 g/mol. The molecule has 0 amide bonds. The minimum atomic E-state index is 0.128. The lowest BCUT2D eigenvalue weighted by atomic mass is 10.1. The fraction of sp³-hybridized carbons (Fsp3) is 0.167. The number of pyridine rings is 1. The molecule has 8 nitrogen and oxygen atoms in total. The number of nitrogens with zero attached hydrogens (tertiary/aromatic N) is 7. The number of imidazole rings is 1. The van der Waals surface area contributed by atoms with Gasteiger partial charge in [0.15, 0.2) is 11.5 Å². The quantitative estimate of drug-likeness (QED) is 0.572. The molecule has 4 heterocycles. The van der Waals surface area contributed by atoms with Crippen LogP contribution in [0.15, 0.2) is 43.4 Å². The third kappa shape index (κ3) is 3.15. The summed E-state index contributed by atoms with van der Waals surface area (Å²) in [5, 5.41) is 11.9. The van der Waals surface area contributed by atoms with Gasteiger partial charge in [-0.2, -0.15) is 10.1 Å². The smallest absolute Gasteiger partial charge is 0.243 e. The highest BCUT2D eigenvalue weighted by atomic mass is 35.5. The van der Waals surface area contributed by atoms with Crippen molar-refractivity contribution in [3.05, 3.63) is 59.9 Å². The van der Waals surface area contributed by atoms with Gasteiger partial charge in [0, 0.05) is 26.0 Å². The molecule has 0 unspecified atom stereocenters. The first-order valence-electron chi connectivity index (χ1n) is 8.28. The molecule has 4 aromatic rings. The van der Waals surface area contributed by atoms with Crippen molar-refractivity contribution in [2.24, 2.45) is 7.05 Å². The number of halogens is 1. The van der Waals surface area contributed by atoms with Gasteiger partial charge in [-0.05, 0) is 41.8 Å². The molecule has 0 saturated carbocycles. The first-order valence-corrected chi connectivity index (χ1v) is 8.65. The van der Waals surface area contributed by atoms with E-state index in [0.717, 1.165) is 28.2 Å². The summed E-state index contributed by atoms with van der Waals surface area (Å²) in [6.45, 7) is 6.33. The Hall–Kier alpha value is -3.26. The minimum absolute atomic E-state index is 0.128. The van der Waals surface area contributed by atoms with E-state index in [1.807, 2.05) is 32.2 Å². The predicted octanol–water partition coefficient (Wildman–Crippen LogP) is 3.22. The second-order valence-corrected chi connectivity index (χ2v) is 6.43. The number of hydrogen-bond acceptors (Lipinski definition) is 6. The fourth-order valence-corrected chi connectivity index (χ4v) is 3.02. The van der Waals surface area contributed by atoms with E-state index in [0.29, 0.717) is 18.0 Å². The summed E-state index contributed by atoms with van der Waals surface area (Å²) in [6, 6.07) is 5.83. The van der Waals surface area contributed by atoms with E-state index in [9.17, 15) is 0 Å². The van der Waals surface area contributed by atoms with Crippen LogP contribution in [0.1, 0.15) is 18.2 Å². The lowest BCUT2D eigenvalue weighted by Gasteiger charge is -2.11. The molecule has 4 aromatic heterocycles. The molecule has 27 heavy (non-hydrogen) atoms. The highest BCUT2D eigenvalue weighted by molar-refractivity contribution is 6.28. The Bertz CT molecular complexity index is 1140. The average Bonchev–Trinajstić information content (AvgIpc) is 3.26. The molecule has 0 fully saturated rings. The molecule has 0 radical (unpaired) electrons. The second kappa shape index (κ2) is 6.81. The number of anilines is 1. The molecule has 0 aliphatic heterocycles. The first kappa shape index (κ1) is 17.2. The van der Waals surface area contributed by atoms with E-state index in [1.54, 1.807) is 27.8 Å². The van der Waals surface area contributed by atoms with E-state index in [1.165, 1.54) is 0 Å². The standard InChI is InChI=1S/C18H17ClN8/c1-11(2)14-10-22-17-16(24-18(19)25-27(14)17)21-9-12-5-4-7-20-15(12)13-6-8-23-26(13)3/h4-8,10H,1,9H2,2-3H3,(H,21,24,25). The summed E-state index contributed by atoms with van der Waals surface area (Å²) in [5.41, 5.74) is 5.00. The van der Waals surface area contributed by atoms with Crippen LogP contribution in [0.25, 0.3) is 22.6 Å². The molecule has 9 heteroatoms. The van der Waals surface area contributed by atoms with Crippen LogP contribution in [0.5, 0.6) is 0 Å². The Morgan fingerprint density at radius 3 is 2.85 bits per heavy atom. The number of aryl methyl sites for hydroxylation is 1. The lowest BCUT2D eigenvalue weighted by molar-refractivity contribution is 0.772. The zero-order valence-electron chi connectivity index (χ0n) is 14.9. The van der Waals surface area contributed by atoms with Crippen LogP contribution in [-0.4, -0.2) is 34.3 Å². The lowest BCUT2D eigenvalue weighted by Crippen LogP contribution is -2.09. The van der Waals surface area contributed by atoms with Crippen LogP contribution in [0, 0.1) is 0 Å². The van der Waals surface area contributed by atoms with Crippen LogP contribution in [0.2, 0.25) is 5.28 Å². The SMILES string of the molecule is C=C(C)c1cnc2c(NCc3cccnc3-c3ccnn3C)nc(Cl)nn12. The summed E-state index contributed by atoms with van der Waals surface area (Å²) in [5.74, 6) is 0.544. The normalized spacial score (nSPS) is 11.1. The van der Waals surface area contributed by atoms with E-state index < -0.39 is 0 Å². The van der Waals surface area contributed by atoms with Crippen LogP contribution >= 0.6 is 11.6 Å². The van der Waals surface area contributed by atoms with Crippen molar-refractivity contribution in [2.75, 3.05) is 5.32 Å². The molecule has 0 aliphatic rings. The number of allylic oxidation sites excluding steroid dienone is 1. The summed E-state index contributed by atoms with van der Waals surface area (Å²) in [6.07, 6.45) is 5.22. The predicted molar refractivity (Wildman–Crippen MR) is 104 cm³/mol. The molecule has 0 spiro atoms. The van der Waals surface area contributed by atoms with Gasteiger partial charge < -0.3 is 5.32 Å². The molecule has 0 atom stereocenters. The molecule has 0 aliphatic carbocycles. The van der Waals surface area contributed by atoms with Gasteiger partial charge in [-0.15, -0.1) is 5.10 Å². The topological polar surface area (TPSA) is 85.8 Å². The molecule has 0 aromatic carbocycles. The molecule has 4 rings (SSSR count). The fourth-order valence-electron chi connectivity index (χ4n) is 2.86. The van der Waals surface area contributed by atoms with Gasteiger partial charge in [0.2, 0.25) is 5.28 Å². The molecule has 1 N–H and O–H groups in total. The molecule has 0 bridgehead atoms. The number of nitrogens with one attached hydrogen (secondary N) is 1. The zero-order chi connectivity index (χ0) is 19.0. The van der Waals surface area contributed by atoms with Gasteiger partial charge in [0.25, 0.3) is 0 Å². The second-order valence-electron chi connectivity index (χ2n) is 6.09. The monoisotopic (exact) mass is 380 g/mol. The van der Waals surface area contributed by atoms with Crippen LogP contribution in [-0.2, 0) is 13.6 Å². The number of fused-ring (bicyclic) bond motifs is 1. The Morgan fingerprint density at radius 1 is 1.26 bits per heavy atom. The number of hydrogen-bond donors (Lipinski definition) is 1. The summed E-state index contributed by atoms with van der Waals surface area (Å²) < 4.78 is 3.44. The van der Waals surface area contributed by atoms with Gasteiger partial charge in [-0.1, -0.05) is 12.6 Å². The molecule has 0 saturated heterocycles. The van der Waals surface area contributed by atoms with Crippen LogP contribution < -0.4 is 5.32 Å². The van der Waals surface area contributed by atoms with Crippen molar-refractivity contribution in [2.45, 2.75) is 13.5 Å². The highest BCUT2D eigenvalue weighted by Gasteiger charge is 2.14. The first-order chi connectivity index (χ1) is 13.0. The largest absolute Gasteiger partial charge is 0.363 e. The minimum Gasteiger partial charge on any atom is -0.363 e. The van der Waals surface area contributed by atoms with Crippen molar-refractivity contribution in [3.63, 3.8) is 0 Å². The number of aromatic nitrogens is 7. The van der Waals surface area contributed by atoms with E-state index in [2.05, 4.69) is 37.0 Å². The Morgan fingerprint density at radius 2 is 2.11 bits per heavy atom. The Balaban J connectivity index is 1.69. The van der Waals surface area contributed by atoms with Crippen molar-refractivity contribution >= 4 is 28.6 Å². The Kier molecular flexibility index (Phi) is 4.33. The van der Waals surface area contributed by atoms with Crippen molar-refractivity contribution in [1.29, 1.82) is 0 Å². The molecule has 136 valence electrons. The van der Waals surface area contributed by atoms with E-state index in [-0.39, 0.29) is 5.28 Å². The van der Waals surface area contributed by atoms with Crippen molar-refractivity contribution in [1.82, 2.24) is 34.3 Å². The van der Waals surface area contributed by atoms with Crippen molar-refractivity contribution < 1.29 is 0 Å². The third-order valence-electron chi connectivity index (χ3n) is 4.17.